The summed E-state index contributed by atoms with van der Waals surface area (Å²) in [5.41, 5.74) is 1.65. The van der Waals surface area contributed by atoms with Crippen molar-refractivity contribution >= 4 is 17.8 Å². The second-order valence-electron chi connectivity index (χ2n) is 5.11. The molecule has 0 aliphatic carbocycles. The van der Waals surface area contributed by atoms with Crippen LogP contribution in [0.4, 0.5) is 4.79 Å². The van der Waals surface area contributed by atoms with Gasteiger partial charge >= 0.3 is 6.03 Å². The number of rotatable bonds is 5. The summed E-state index contributed by atoms with van der Waals surface area (Å²) in [4.78, 5) is 36.0. The van der Waals surface area contributed by atoms with Gasteiger partial charge < -0.3 is 14.7 Å². The van der Waals surface area contributed by atoms with Crippen LogP contribution in [-0.2, 0) is 16.1 Å². The molecule has 0 radical (unpaired) electrons. The Morgan fingerprint density at radius 2 is 2.10 bits per heavy atom. The van der Waals surface area contributed by atoms with Crippen LogP contribution in [0.25, 0.3) is 0 Å². The van der Waals surface area contributed by atoms with Crippen LogP contribution in [0, 0.1) is 13.8 Å². The summed E-state index contributed by atoms with van der Waals surface area (Å²) >= 11 is 0. The van der Waals surface area contributed by atoms with Gasteiger partial charge in [0.2, 0.25) is 5.91 Å². The lowest BCUT2D eigenvalue weighted by molar-refractivity contribution is -0.130. The van der Waals surface area contributed by atoms with Crippen LogP contribution in [-0.4, -0.2) is 41.0 Å². The van der Waals surface area contributed by atoms with E-state index in [4.69, 9.17) is 4.52 Å². The molecule has 2 N–H and O–H groups in total. The highest BCUT2D eigenvalue weighted by atomic mass is 16.5. The molecule has 0 saturated carbocycles. The first-order valence-corrected chi connectivity index (χ1v) is 6.65. The lowest BCUT2D eigenvalue weighted by Crippen LogP contribution is -2.32. The topological polar surface area (TPSA) is 105 Å². The Morgan fingerprint density at radius 1 is 1.38 bits per heavy atom. The van der Waals surface area contributed by atoms with Crippen molar-refractivity contribution < 1.29 is 18.9 Å². The number of imide groups is 1. The number of carbonyl (C=O) groups excluding carboxylic acids is 3. The molecule has 1 aliphatic heterocycles. The lowest BCUT2D eigenvalue weighted by Gasteiger charge is -2.17. The van der Waals surface area contributed by atoms with Crippen molar-refractivity contribution in [2.75, 3.05) is 7.05 Å². The average Bonchev–Trinajstić information content (AvgIpc) is 2.91. The molecule has 1 aliphatic rings. The van der Waals surface area contributed by atoms with E-state index in [0.717, 1.165) is 11.3 Å². The number of carbonyl (C=O) groups is 3. The van der Waals surface area contributed by atoms with Gasteiger partial charge in [-0.25, -0.2) is 4.79 Å². The Kier molecular flexibility index (Phi) is 4.25. The molecule has 1 fully saturated rings. The molecule has 8 heteroatoms. The van der Waals surface area contributed by atoms with Crippen molar-refractivity contribution in [2.45, 2.75) is 39.3 Å². The highest BCUT2D eigenvalue weighted by Crippen LogP contribution is 2.15. The number of aryl methyl sites for hydroxylation is 2. The minimum absolute atomic E-state index is 0.107. The molecule has 21 heavy (non-hydrogen) atoms. The zero-order valence-electron chi connectivity index (χ0n) is 12.2. The Balaban J connectivity index is 1.86. The van der Waals surface area contributed by atoms with E-state index in [1.165, 1.54) is 0 Å². The molecule has 0 spiro atoms. The number of hydrogen-bond donors (Lipinski definition) is 2. The van der Waals surface area contributed by atoms with Crippen molar-refractivity contribution in [1.29, 1.82) is 0 Å². The van der Waals surface area contributed by atoms with Crippen molar-refractivity contribution in [3.05, 3.63) is 17.0 Å². The lowest BCUT2D eigenvalue weighted by atomic mass is 10.1. The molecule has 8 nitrogen and oxygen atoms in total. The van der Waals surface area contributed by atoms with Crippen LogP contribution in [0.5, 0.6) is 0 Å². The fourth-order valence-electron chi connectivity index (χ4n) is 2.17. The van der Waals surface area contributed by atoms with Gasteiger partial charge in [0.1, 0.15) is 11.8 Å². The third kappa shape index (κ3) is 3.39. The van der Waals surface area contributed by atoms with Gasteiger partial charge in [0.25, 0.3) is 5.91 Å². The second kappa shape index (κ2) is 5.94. The van der Waals surface area contributed by atoms with E-state index in [1.807, 2.05) is 6.92 Å². The largest absolute Gasteiger partial charge is 0.361 e. The monoisotopic (exact) mass is 294 g/mol. The molecule has 1 aromatic heterocycles. The Hall–Kier alpha value is -2.38. The maximum absolute atomic E-state index is 12.1. The zero-order valence-corrected chi connectivity index (χ0v) is 12.2. The van der Waals surface area contributed by atoms with Gasteiger partial charge in [-0.1, -0.05) is 5.16 Å². The van der Waals surface area contributed by atoms with Crippen LogP contribution in [0.2, 0.25) is 0 Å². The number of amides is 4. The minimum atomic E-state index is -0.631. The summed E-state index contributed by atoms with van der Waals surface area (Å²) < 4.78 is 5.05. The smallest absolute Gasteiger partial charge is 0.322 e. The fraction of sp³-hybridized carbons (Fsp3) is 0.538. The van der Waals surface area contributed by atoms with Gasteiger partial charge in [-0.2, -0.15) is 0 Å². The van der Waals surface area contributed by atoms with Gasteiger partial charge in [0.15, 0.2) is 0 Å². The summed E-state index contributed by atoms with van der Waals surface area (Å²) in [5, 5.41) is 8.45. The molecular formula is C13H18N4O4. The Labute approximate surface area is 121 Å². The van der Waals surface area contributed by atoms with E-state index >= 15 is 0 Å². The summed E-state index contributed by atoms with van der Waals surface area (Å²) in [7, 11) is 1.68. The minimum Gasteiger partial charge on any atom is -0.361 e. The maximum atomic E-state index is 12.1. The number of nitrogens with one attached hydrogen (secondary N) is 2. The Bertz CT molecular complexity index is 561. The van der Waals surface area contributed by atoms with Gasteiger partial charge in [0.05, 0.1) is 12.2 Å². The molecule has 0 aromatic carbocycles. The molecule has 114 valence electrons. The summed E-state index contributed by atoms with van der Waals surface area (Å²) in [6.07, 6.45) is 0.459. The van der Waals surface area contributed by atoms with Gasteiger partial charge in [-0.05, 0) is 20.3 Å². The zero-order chi connectivity index (χ0) is 15.6. The Morgan fingerprint density at radius 3 is 2.62 bits per heavy atom. The number of hydrogen-bond acceptors (Lipinski definition) is 5. The standard InChI is InChI=1S/C13H18N4O4/c1-7-9(8(2)21-16-7)6-17(3)11(18)5-4-10-12(19)15-13(20)14-10/h10H,4-6H2,1-3H3,(H2,14,15,19,20)/t10-/m1/s1. The molecule has 0 unspecified atom stereocenters. The average molecular weight is 294 g/mol. The predicted molar refractivity (Wildman–Crippen MR) is 72.1 cm³/mol. The summed E-state index contributed by atoms with van der Waals surface area (Å²) in [6.45, 7) is 4.03. The van der Waals surface area contributed by atoms with Crippen LogP contribution < -0.4 is 10.6 Å². The van der Waals surface area contributed by atoms with E-state index in [2.05, 4.69) is 15.8 Å². The first-order valence-electron chi connectivity index (χ1n) is 6.65. The van der Waals surface area contributed by atoms with Crippen molar-refractivity contribution in [1.82, 2.24) is 20.7 Å². The van der Waals surface area contributed by atoms with Crippen molar-refractivity contribution in [3.63, 3.8) is 0 Å². The van der Waals surface area contributed by atoms with Crippen LogP contribution >= 0.6 is 0 Å². The van der Waals surface area contributed by atoms with Crippen LogP contribution in [0.1, 0.15) is 29.9 Å². The third-order valence-corrected chi connectivity index (χ3v) is 3.51. The molecule has 0 bridgehead atoms. The van der Waals surface area contributed by atoms with Gasteiger partial charge in [0, 0.05) is 19.0 Å². The predicted octanol–water partition coefficient (Wildman–Crippen LogP) is 0.238. The van der Waals surface area contributed by atoms with E-state index < -0.39 is 12.1 Å². The molecular weight excluding hydrogens is 276 g/mol. The van der Waals surface area contributed by atoms with Crippen molar-refractivity contribution in [3.8, 4) is 0 Å². The summed E-state index contributed by atoms with van der Waals surface area (Å²) in [5.74, 6) is 0.194. The third-order valence-electron chi connectivity index (χ3n) is 3.51. The van der Waals surface area contributed by atoms with E-state index in [9.17, 15) is 14.4 Å². The highest BCUT2D eigenvalue weighted by Gasteiger charge is 2.29. The van der Waals surface area contributed by atoms with Gasteiger partial charge in [-0.3, -0.25) is 14.9 Å². The molecule has 1 saturated heterocycles. The molecule has 2 heterocycles. The SMILES string of the molecule is Cc1noc(C)c1CN(C)C(=O)CC[C@H]1NC(=O)NC1=O. The second-order valence-corrected chi connectivity index (χ2v) is 5.11. The highest BCUT2D eigenvalue weighted by molar-refractivity contribution is 6.04. The maximum Gasteiger partial charge on any atom is 0.322 e. The quantitative estimate of drug-likeness (QED) is 0.757. The molecule has 1 aromatic rings. The first kappa shape index (κ1) is 15.0. The van der Waals surface area contributed by atoms with E-state index in [0.29, 0.717) is 12.3 Å². The van der Waals surface area contributed by atoms with E-state index in [1.54, 1.807) is 18.9 Å². The first-order chi connectivity index (χ1) is 9.88. The molecule has 4 amide bonds. The fourth-order valence-corrected chi connectivity index (χ4v) is 2.17. The van der Waals surface area contributed by atoms with Crippen LogP contribution in [0.15, 0.2) is 4.52 Å². The number of aromatic nitrogens is 1. The summed E-state index contributed by atoms with van der Waals surface area (Å²) in [6, 6.07) is -1.14. The normalized spacial score (nSPS) is 17.6. The van der Waals surface area contributed by atoms with E-state index in [-0.39, 0.29) is 24.7 Å². The van der Waals surface area contributed by atoms with Gasteiger partial charge in [-0.15, -0.1) is 0 Å². The van der Waals surface area contributed by atoms with Crippen LogP contribution in [0.3, 0.4) is 0 Å². The van der Waals surface area contributed by atoms with Crippen molar-refractivity contribution in [2.24, 2.45) is 0 Å². The number of urea groups is 1. The number of nitrogens with zero attached hydrogens (tertiary/aromatic N) is 2. The molecule has 2 rings (SSSR count). The molecule has 1 atom stereocenters.